The minimum atomic E-state index is -0.623. The average molecular weight is 483 g/mol. The number of fused-ring (bicyclic) bond motifs is 1. The van der Waals surface area contributed by atoms with E-state index in [9.17, 15) is 14.4 Å². The van der Waals surface area contributed by atoms with Crippen LogP contribution in [-0.4, -0.2) is 54.8 Å². The molecule has 1 N–H and O–H groups in total. The van der Waals surface area contributed by atoms with Crippen LogP contribution < -0.4 is 19.5 Å². The minimum Gasteiger partial charge on any atom is -0.484 e. The van der Waals surface area contributed by atoms with E-state index < -0.39 is 18.5 Å². The van der Waals surface area contributed by atoms with Crippen LogP contribution in [-0.2, 0) is 20.9 Å². The summed E-state index contributed by atoms with van der Waals surface area (Å²) in [6.45, 7) is 4.12. The molecule has 1 saturated heterocycles. The van der Waals surface area contributed by atoms with E-state index in [0.29, 0.717) is 17.2 Å². The Hall–Kier alpha value is -3.75. The topological polar surface area (TPSA) is 103 Å². The molecule has 0 bridgehead atoms. The number of amides is 2. The van der Waals surface area contributed by atoms with Crippen molar-refractivity contribution in [2.45, 2.75) is 51.7 Å². The van der Waals surface area contributed by atoms with Gasteiger partial charge in [0.15, 0.2) is 24.7 Å². The third-order valence-electron chi connectivity index (χ3n) is 6.19. The average Bonchev–Trinajstić information content (AvgIpc) is 3.33. The maximum absolute atomic E-state index is 12.6. The van der Waals surface area contributed by atoms with Gasteiger partial charge in [0.2, 0.25) is 6.79 Å². The van der Waals surface area contributed by atoms with Gasteiger partial charge in [0, 0.05) is 18.6 Å². The summed E-state index contributed by atoms with van der Waals surface area (Å²) in [5.41, 5.74) is 1.12. The lowest BCUT2D eigenvalue weighted by Gasteiger charge is -2.38. The maximum Gasteiger partial charge on any atom is 0.338 e. The van der Waals surface area contributed by atoms with Crippen molar-refractivity contribution in [1.82, 2.24) is 10.2 Å². The van der Waals surface area contributed by atoms with Crippen molar-refractivity contribution in [2.75, 3.05) is 20.0 Å². The number of piperidine rings is 1. The van der Waals surface area contributed by atoms with Crippen molar-refractivity contribution >= 4 is 17.8 Å². The van der Waals surface area contributed by atoms with Gasteiger partial charge in [-0.05, 0) is 75.1 Å². The summed E-state index contributed by atoms with van der Waals surface area (Å²) in [5, 5.41) is 2.70. The second-order valence-electron chi connectivity index (χ2n) is 8.78. The van der Waals surface area contributed by atoms with E-state index >= 15 is 0 Å². The molecule has 9 heteroatoms. The molecule has 1 fully saturated rings. The van der Waals surface area contributed by atoms with Crippen LogP contribution >= 0.6 is 0 Å². The highest BCUT2D eigenvalue weighted by Gasteiger charge is 2.29. The summed E-state index contributed by atoms with van der Waals surface area (Å²) >= 11 is 0. The quantitative estimate of drug-likeness (QED) is 0.577. The first-order valence-electron chi connectivity index (χ1n) is 11.8. The predicted octanol–water partition coefficient (Wildman–Crippen LogP) is 3.06. The van der Waals surface area contributed by atoms with Crippen LogP contribution in [0.4, 0.5) is 0 Å². The van der Waals surface area contributed by atoms with Crippen molar-refractivity contribution in [3.05, 3.63) is 53.6 Å². The first kappa shape index (κ1) is 24.4. The molecule has 0 aromatic heterocycles. The smallest absolute Gasteiger partial charge is 0.338 e. The molecule has 35 heavy (non-hydrogen) atoms. The number of carbonyl (C=O) groups excluding carboxylic acids is 3. The lowest BCUT2D eigenvalue weighted by atomic mass is 9.97. The fraction of sp³-hybridized carbons (Fsp3) is 0.423. The molecule has 2 aromatic carbocycles. The summed E-state index contributed by atoms with van der Waals surface area (Å²) in [5.74, 6) is 0.699. The Morgan fingerprint density at radius 3 is 2.43 bits per heavy atom. The monoisotopic (exact) mass is 482 g/mol. The minimum absolute atomic E-state index is 0.0417. The molecule has 186 valence electrons. The molecule has 2 atom stereocenters. The normalized spacial score (nSPS) is 18.6. The van der Waals surface area contributed by atoms with Crippen LogP contribution in [0, 0.1) is 0 Å². The predicted molar refractivity (Wildman–Crippen MR) is 126 cm³/mol. The van der Waals surface area contributed by atoms with Crippen molar-refractivity contribution in [1.29, 1.82) is 0 Å². The van der Waals surface area contributed by atoms with Gasteiger partial charge in [-0.15, -0.1) is 0 Å². The Morgan fingerprint density at radius 2 is 1.69 bits per heavy atom. The number of carbonyl (C=O) groups is 3. The van der Waals surface area contributed by atoms with Crippen LogP contribution in [0.5, 0.6) is 17.2 Å². The Balaban J connectivity index is 1.19. The van der Waals surface area contributed by atoms with Gasteiger partial charge in [-0.25, -0.2) is 4.79 Å². The number of hydrogen-bond donors (Lipinski definition) is 1. The van der Waals surface area contributed by atoms with Crippen molar-refractivity contribution in [3.8, 4) is 17.2 Å². The maximum atomic E-state index is 12.6. The lowest BCUT2D eigenvalue weighted by Crippen LogP contribution is -2.49. The number of likely N-dealkylation sites (tertiary alicyclic amines) is 1. The fourth-order valence-electron chi connectivity index (χ4n) is 4.34. The number of nitrogens with zero attached hydrogens (tertiary/aromatic N) is 1. The summed E-state index contributed by atoms with van der Waals surface area (Å²) in [6, 6.07) is 12.1. The van der Waals surface area contributed by atoms with Gasteiger partial charge < -0.3 is 29.2 Å². The van der Waals surface area contributed by atoms with Crippen LogP contribution in [0.15, 0.2) is 42.5 Å². The first-order valence-corrected chi connectivity index (χ1v) is 11.8. The van der Waals surface area contributed by atoms with Gasteiger partial charge in [0.25, 0.3) is 11.8 Å². The Kier molecular flexibility index (Phi) is 7.74. The summed E-state index contributed by atoms with van der Waals surface area (Å²) in [7, 11) is 0. The Labute approximate surface area is 204 Å². The van der Waals surface area contributed by atoms with E-state index in [2.05, 4.69) is 19.2 Å². The molecule has 0 radical (unpaired) electrons. The summed E-state index contributed by atoms with van der Waals surface area (Å²) < 4.78 is 21.3. The van der Waals surface area contributed by atoms with Crippen LogP contribution in [0.1, 0.15) is 49.0 Å². The number of ether oxygens (including phenoxy) is 4. The second kappa shape index (κ2) is 11.1. The molecule has 2 aliphatic rings. The van der Waals surface area contributed by atoms with Gasteiger partial charge in [0.05, 0.1) is 5.56 Å². The molecule has 4 rings (SSSR count). The van der Waals surface area contributed by atoms with E-state index in [1.165, 1.54) is 0 Å². The van der Waals surface area contributed by atoms with Gasteiger partial charge in [-0.1, -0.05) is 6.07 Å². The third kappa shape index (κ3) is 6.23. The highest BCUT2D eigenvalue weighted by Crippen LogP contribution is 2.32. The molecule has 2 aromatic rings. The van der Waals surface area contributed by atoms with Crippen LogP contribution in [0.2, 0.25) is 0 Å². The molecule has 0 aliphatic carbocycles. The zero-order valence-electron chi connectivity index (χ0n) is 20.0. The van der Waals surface area contributed by atoms with E-state index in [-0.39, 0.29) is 43.5 Å². The van der Waals surface area contributed by atoms with Gasteiger partial charge in [-0.2, -0.15) is 0 Å². The summed E-state index contributed by atoms with van der Waals surface area (Å²) in [6.07, 6.45) is 3.14. The Bertz CT molecular complexity index is 1060. The number of rotatable bonds is 8. The van der Waals surface area contributed by atoms with E-state index in [4.69, 9.17) is 18.9 Å². The van der Waals surface area contributed by atoms with Gasteiger partial charge in [0.1, 0.15) is 5.75 Å². The van der Waals surface area contributed by atoms with Crippen LogP contribution in [0.25, 0.3) is 0 Å². The fourth-order valence-corrected chi connectivity index (χ4v) is 4.34. The first-order chi connectivity index (χ1) is 16.9. The molecule has 2 heterocycles. The van der Waals surface area contributed by atoms with E-state index in [1.807, 2.05) is 11.0 Å². The number of benzene rings is 2. The standard InChI is InChI=1S/C26H30N2O7/c1-17-4-3-5-18(2)28(17)25(30)15-32-21-9-7-20(8-10-21)26(31)33-14-24(29)27-13-19-6-11-22-23(12-19)35-16-34-22/h6-12,17-18H,3-5,13-16H2,1-2H3,(H,27,29). The number of nitrogens with one attached hydrogen (secondary N) is 1. The second-order valence-corrected chi connectivity index (χ2v) is 8.78. The van der Waals surface area contributed by atoms with E-state index in [1.54, 1.807) is 36.4 Å². The molecule has 9 nitrogen and oxygen atoms in total. The zero-order valence-corrected chi connectivity index (χ0v) is 20.0. The van der Waals surface area contributed by atoms with Gasteiger partial charge >= 0.3 is 5.97 Å². The Morgan fingerprint density at radius 1 is 0.971 bits per heavy atom. The van der Waals surface area contributed by atoms with Gasteiger partial charge in [-0.3, -0.25) is 9.59 Å². The van der Waals surface area contributed by atoms with Crippen LogP contribution in [0.3, 0.4) is 0 Å². The number of esters is 1. The largest absolute Gasteiger partial charge is 0.484 e. The molecular weight excluding hydrogens is 452 g/mol. The van der Waals surface area contributed by atoms with E-state index in [0.717, 1.165) is 24.8 Å². The highest BCUT2D eigenvalue weighted by molar-refractivity contribution is 5.91. The number of hydrogen-bond acceptors (Lipinski definition) is 7. The molecular formula is C26H30N2O7. The summed E-state index contributed by atoms with van der Waals surface area (Å²) in [4.78, 5) is 38.8. The molecule has 0 spiro atoms. The lowest BCUT2D eigenvalue weighted by molar-refractivity contribution is -0.139. The molecule has 2 unspecified atom stereocenters. The molecule has 2 aliphatic heterocycles. The highest BCUT2D eigenvalue weighted by atomic mass is 16.7. The van der Waals surface area contributed by atoms with Crippen molar-refractivity contribution in [2.24, 2.45) is 0 Å². The molecule has 0 saturated carbocycles. The zero-order chi connectivity index (χ0) is 24.8. The molecule has 2 amide bonds. The van der Waals surface area contributed by atoms with Crippen molar-refractivity contribution in [3.63, 3.8) is 0 Å². The third-order valence-corrected chi connectivity index (χ3v) is 6.19. The van der Waals surface area contributed by atoms with Crippen molar-refractivity contribution < 1.29 is 33.3 Å². The SMILES string of the molecule is CC1CCCC(C)N1C(=O)COc1ccc(C(=O)OCC(=O)NCc2ccc3c(c2)OCO3)cc1.